The van der Waals surface area contributed by atoms with Gasteiger partial charge < -0.3 is 5.32 Å². The van der Waals surface area contributed by atoms with Crippen LogP contribution < -0.4 is 5.32 Å². The summed E-state index contributed by atoms with van der Waals surface area (Å²) in [6.45, 7) is 7.69. The van der Waals surface area contributed by atoms with Crippen molar-refractivity contribution in [3.05, 3.63) is 29.6 Å². The molecule has 2 heterocycles. The van der Waals surface area contributed by atoms with Crippen LogP contribution in [0.3, 0.4) is 0 Å². The second-order valence-electron chi connectivity index (χ2n) is 4.98. The fraction of sp³-hybridized carbons (Fsp3) is 0.643. The van der Waals surface area contributed by atoms with Gasteiger partial charge in [-0.05, 0) is 25.6 Å². The minimum Gasteiger partial charge on any atom is -0.316 e. The van der Waals surface area contributed by atoms with Crippen molar-refractivity contribution in [1.82, 2.24) is 15.2 Å². The normalized spacial score (nSPS) is 25.3. The number of aromatic nitrogens is 1. The lowest BCUT2D eigenvalue weighted by Crippen LogP contribution is -2.44. The summed E-state index contributed by atoms with van der Waals surface area (Å²) in [4.78, 5) is 7.11. The molecule has 1 aromatic heterocycles. The molecule has 4 heteroatoms. The third-order valence-electron chi connectivity index (χ3n) is 3.65. The minimum atomic E-state index is 0.641. The number of nitrogens with zero attached hydrogens (tertiary/aromatic N) is 2. The van der Waals surface area contributed by atoms with Crippen molar-refractivity contribution in [3.63, 3.8) is 0 Å². The zero-order valence-electron chi connectivity index (χ0n) is 11.5. The maximum atomic E-state index is 4.56. The van der Waals surface area contributed by atoms with E-state index in [0.717, 1.165) is 18.3 Å². The third-order valence-corrected chi connectivity index (χ3v) is 4.98. The Morgan fingerprint density at radius 3 is 2.94 bits per heavy atom. The molecule has 1 aliphatic rings. The zero-order valence-corrected chi connectivity index (χ0v) is 12.3. The van der Waals surface area contributed by atoms with Gasteiger partial charge >= 0.3 is 0 Å². The van der Waals surface area contributed by atoms with Crippen LogP contribution in [0.4, 0.5) is 0 Å². The summed E-state index contributed by atoms with van der Waals surface area (Å²) in [5, 5.41) is 3.87. The summed E-state index contributed by atoms with van der Waals surface area (Å²) in [5.41, 5.74) is 2.43. The first-order chi connectivity index (χ1) is 8.70. The van der Waals surface area contributed by atoms with Crippen LogP contribution in [0, 0.1) is 0 Å². The Balaban J connectivity index is 1.96. The summed E-state index contributed by atoms with van der Waals surface area (Å²) < 4.78 is 0. The van der Waals surface area contributed by atoms with Gasteiger partial charge in [0.25, 0.3) is 0 Å². The van der Waals surface area contributed by atoms with Crippen molar-refractivity contribution in [2.45, 2.75) is 38.2 Å². The summed E-state index contributed by atoms with van der Waals surface area (Å²) in [6.07, 6.45) is 1.98. The number of pyridine rings is 1. The van der Waals surface area contributed by atoms with Crippen molar-refractivity contribution in [2.24, 2.45) is 0 Å². The molecule has 0 bridgehead atoms. The molecule has 2 rings (SSSR count). The van der Waals surface area contributed by atoms with E-state index < -0.39 is 0 Å². The first kappa shape index (κ1) is 13.8. The first-order valence-corrected chi connectivity index (χ1v) is 7.69. The van der Waals surface area contributed by atoms with E-state index in [1.165, 1.54) is 23.6 Å². The van der Waals surface area contributed by atoms with Gasteiger partial charge in [0.15, 0.2) is 0 Å². The van der Waals surface area contributed by atoms with Crippen LogP contribution in [-0.2, 0) is 13.1 Å². The van der Waals surface area contributed by atoms with Crippen LogP contribution in [0.5, 0.6) is 0 Å². The van der Waals surface area contributed by atoms with E-state index in [1.807, 2.05) is 13.2 Å². The highest BCUT2D eigenvalue weighted by Crippen LogP contribution is 2.25. The molecule has 1 aliphatic heterocycles. The summed E-state index contributed by atoms with van der Waals surface area (Å²) in [6, 6.07) is 4.97. The van der Waals surface area contributed by atoms with Gasteiger partial charge in [0, 0.05) is 42.9 Å². The van der Waals surface area contributed by atoms with Gasteiger partial charge in [-0.2, -0.15) is 11.8 Å². The van der Waals surface area contributed by atoms with E-state index in [4.69, 9.17) is 0 Å². The minimum absolute atomic E-state index is 0.641. The quantitative estimate of drug-likeness (QED) is 0.903. The second kappa shape index (κ2) is 6.55. The molecular weight excluding hydrogens is 242 g/mol. The van der Waals surface area contributed by atoms with Crippen molar-refractivity contribution < 1.29 is 0 Å². The van der Waals surface area contributed by atoms with Crippen molar-refractivity contribution >= 4 is 11.8 Å². The van der Waals surface area contributed by atoms with Crippen LogP contribution >= 0.6 is 11.8 Å². The van der Waals surface area contributed by atoms with Crippen LogP contribution in [0.15, 0.2) is 18.3 Å². The lowest BCUT2D eigenvalue weighted by atomic mass is 10.2. The Labute approximate surface area is 114 Å². The predicted octanol–water partition coefficient (Wildman–Crippen LogP) is 2.13. The van der Waals surface area contributed by atoms with Gasteiger partial charge in [0.2, 0.25) is 0 Å². The number of thioether (sulfide) groups is 1. The number of rotatable bonds is 4. The van der Waals surface area contributed by atoms with E-state index >= 15 is 0 Å². The average molecular weight is 265 g/mol. The molecule has 100 valence electrons. The Bertz CT molecular complexity index is 366. The zero-order chi connectivity index (χ0) is 13.0. The lowest BCUT2D eigenvalue weighted by molar-refractivity contribution is 0.202. The predicted molar refractivity (Wildman–Crippen MR) is 78.8 cm³/mol. The summed E-state index contributed by atoms with van der Waals surface area (Å²) >= 11 is 2.08. The maximum absolute atomic E-state index is 4.56. The molecule has 0 amide bonds. The molecule has 3 nitrogen and oxygen atoms in total. The Kier molecular flexibility index (Phi) is 5.03. The van der Waals surface area contributed by atoms with Gasteiger partial charge in [0.05, 0.1) is 5.69 Å². The highest BCUT2D eigenvalue weighted by Gasteiger charge is 2.25. The fourth-order valence-electron chi connectivity index (χ4n) is 2.28. The highest BCUT2D eigenvalue weighted by molar-refractivity contribution is 8.00. The SMILES string of the molecule is CNCc1ccc(CN2CCSC(C)C2C)nc1. The first-order valence-electron chi connectivity index (χ1n) is 6.64. The largest absolute Gasteiger partial charge is 0.316 e. The van der Waals surface area contributed by atoms with Gasteiger partial charge in [0.1, 0.15) is 0 Å². The second-order valence-corrected chi connectivity index (χ2v) is 6.46. The highest BCUT2D eigenvalue weighted by atomic mass is 32.2. The topological polar surface area (TPSA) is 28.2 Å². The Morgan fingerprint density at radius 2 is 2.28 bits per heavy atom. The molecule has 0 aromatic carbocycles. The molecule has 1 saturated heterocycles. The summed E-state index contributed by atoms with van der Waals surface area (Å²) in [7, 11) is 1.96. The van der Waals surface area contributed by atoms with Crippen molar-refractivity contribution in [1.29, 1.82) is 0 Å². The molecule has 2 unspecified atom stereocenters. The van der Waals surface area contributed by atoms with E-state index in [0.29, 0.717) is 6.04 Å². The molecule has 18 heavy (non-hydrogen) atoms. The number of hydrogen-bond acceptors (Lipinski definition) is 4. The molecule has 0 saturated carbocycles. The molecule has 0 spiro atoms. The van der Waals surface area contributed by atoms with Crippen molar-refractivity contribution in [3.8, 4) is 0 Å². The monoisotopic (exact) mass is 265 g/mol. The van der Waals surface area contributed by atoms with E-state index in [-0.39, 0.29) is 0 Å². The van der Waals surface area contributed by atoms with Crippen LogP contribution in [0.2, 0.25) is 0 Å². The van der Waals surface area contributed by atoms with Gasteiger partial charge in [-0.1, -0.05) is 13.0 Å². The van der Waals surface area contributed by atoms with Gasteiger partial charge in [-0.25, -0.2) is 0 Å². The lowest BCUT2D eigenvalue weighted by Gasteiger charge is -2.37. The molecule has 1 N–H and O–H groups in total. The molecule has 1 fully saturated rings. The van der Waals surface area contributed by atoms with Crippen LogP contribution in [-0.4, -0.2) is 40.5 Å². The van der Waals surface area contributed by atoms with E-state index in [9.17, 15) is 0 Å². The molecule has 0 aliphatic carbocycles. The molecule has 1 aromatic rings. The van der Waals surface area contributed by atoms with Crippen molar-refractivity contribution in [2.75, 3.05) is 19.3 Å². The van der Waals surface area contributed by atoms with Crippen LogP contribution in [0.1, 0.15) is 25.1 Å². The van der Waals surface area contributed by atoms with E-state index in [1.54, 1.807) is 0 Å². The Hall–Kier alpha value is -0.580. The third kappa shape index (κ3) is 3.46. The number of nitrogens with one attached hydrogen (secondary N) is 1. The van der Waals surface area contributed by atoms with E-state index in [2.05, 4.69) is 52.9 Å². The fourth-order valence-corrected chi connectivity index (χ4v) is 3.45. The smallest absolute Gasteiger partial charge is 0.0544 e. The number of hydrogen-bond donors (Lipinski definition) is 1. The average Bonchev–Trinajstić information content (AvgIpc) is 2.38. The maximum Gasteiger partial charge on any atom is 0.0544 e. The van der Waals surface area contributed by atoms with Gasteiger partial charge in [-0.3, -0.25) is 9.88 Å². The van der Waals surface area contributed by atoms with Crippen LogP contribution in [0.25, 0.3) is 0 Å². The molecule has 2 atom stereocenters. The Morgan fingerprint density at radius 1 is 1.44 bits per heavy atom. The standard InChI is InChI=1S/C14H23N3S/c1-11-12(2)18-7-6-17(11)10-14-5-4-13(8-15-3)9-16-14/h4-5,9,11-12,15H,6-8,10H2,1-3H3. The van der Waals surface area contributed by atoms with Gasteiger partial charge in [-0.15, -0.1) is 0 Å². The summed E-state index contributed by atoms with van der Waals surface area (Å²) in [5.74, 6) is 1.24. The molecule has 0 radical (unpaired) electrons. The molecular formula is C14H23N3S.